The van der Waals surface area contributed by atoms with E-state index in [1.165, 1.54) is 0 Å². The van der Waals surface area contributed by atoms with Crippen LogP contribution in [0.25, 0.3) is 0 Å². The van der Waals surface area contributed by atoms with Crippen LogP contribution in [0.15, 0.2) is 0 Å². The van der Waals surface area contributed by atoms with E-state index in [0.29, 0.717) is 18.5 Å². The van der Waals surface area contributed by atoms with Gasteiger partial charge in [-0.1, -0.05) is 13.8 Å². The second-order valence-corrected chi connectivity index (χ2v) is 4.81. The molecule has 0 aromatic heterocycles. The Morgan fingerprint density at radius 1 is 1.47 bits per heavy atom. The van der Waals surface area contributed by atoms with Gasteiger partial charge in [-0.2, -0.15) is 0 Å². The Morgan fingerprint density at radius 3 is 2.76 bits per heavy atom. The first-order valence-corrected chi connectivity index (χ1v) is 6.85. The van der Waals surface area contributed by atoms with Gasteiger partial charge in [0.25, 0.3) is 0 Å². The molecule has 1 amide bonds. The summed E-state index contributed by atoms with van der Waals surface area (Å²) in [5.74, 6) is 0.497. The molecule has 1 aliphatic rings. The standard InChI is InChI=1S/C13H26N2O2/c1-3-11(4-2)13(17)15-8-5-6-12(10-15)14-7-9-16/h11-12,14,16H,3-10H2,1-2H3. The lowest BCUT2D eigenvalue weighted by atomic mass is 9.98. The van der Waals surface area contributed by atoms with Gasteiger partial charge in [-0.05, 0) is 25.7 Å². The Bertz CT molecular complexity index is 229. The molecule has 0 bridgehead atoms. The number of aliphatic hydroxyl groups excluding tert-OH is 1. The van der Waals surface area contributed by atoms with Gasteiger partial charge in [0.05, 0.1) is 6.61 Å². The Kier molecular flexibility index (Phi) is 6.52. The van der Waals surface area contributed by atoms with Gasteiger partial charge < -0.3 is 15.3 Å². The van der Waals surface area contributed by atoms with E-state index < -0.39 is 0 Å². The number of hydrogen-bond acceptors (Lipinski definition) is 3. The molecule has 0 aromatic carbocycles. The molecule has 1 aliphatic heterocycles. The fraction of sp³-hybridized carbons (Fsp3) is 0.923. The predicted molar refractivity (Wildman–Crippen MR) is 68.8 cm³/mol. The highest BCUT2D eigenvalue weighted by atomic mass is 16.3. The summed E-state index contributed by atoms with van der Waals surface area (Å²) in [5.41, 5.74) is 0. The summed E-state index contributed by atoms with van der Waals surface area (Å²) in [5, 5.41) is 12.1. The van der Waals surface area contributed by atoms with Crippen LogP contribution in [0, 0.1) is 5.92 Å². The largest absolute Gasteiger partial charge is 0.395 e. The van der Waals surface area contributed by atoms with Crippen LogP contribution in [0.3, 0.4) is 0 Å². The molecule has 0 aromatic rings. The van der Waals surface area contributed by atoms with Crippen molar-refractivity contribution in [1.82, 2.24) is 10.2 Å². The molecule has 0 spiro atoms. The Morgan fingerprint density at radius 2 is 2.18 bits per heavy atom. The van der Waals surface area contributed by atoms with Gasteiger partial charge in [0, 0.05) is 31.6 Å². The summed E-state index contributed by atoms with van der Waals surface area (Å²) >= 11 is 0. The molecule has 1 fully saturated rings. The quantitative estimate of drug-likeness (QED) is 0.730. The summed E-state index contributed by atoms with van der Waals surface area (Å²) in [6, 6.07) is 0.356. The number of aliphatic hydroxyl groups is 1. The van der Waals surface area contributed by atoms with Gasteiger partial charge in [0.2, 0.25) is 5.91 Å². The van der Waals surface area contributed by atoms with Crippen LogP contribution in [-0.2, 0) is 4.79 Å². The molecular formula is C13H26N2O2. The van der Waals surface area contributed by atoms with Crippen molar-refractivity contribution in [2.24, 2.45) is 5.92 Å². The van der Waals surface area contributed by atoms with Crippen molar-refractivity contribution >= 4 is 5.91 Å². The van der Waals surface area contributed by atoms with E-state index in [4.69, 9.17) is 5.11 Å². The second kappa shape index (κ2) is 7.67. The van der Waals surface area contributed by atoms with Crippen molar-refractivity contribution < 1.29 is 9.90 Å². The Labute approximate surface area is 104 Å². The number of piperidine rings is 1. The third kappa shape index (κ3) is 4.28. The summed E-state index contributed by atoms with van der Waals surface area (Å²) in [4.78, 5) is 14.2. The van der Waals surface area contributed by atoms with E-state index in [1.54, 1.807) is 0 Å². The number of carbonyl (C=O) groups is 1. The van der Waals surface area contributed by atoms with Crippen LogP contribution < -0.4 is 5.32 Å². The van der Waals surface area contributed by atoms with Crippen molar-refractivity contribution in [1.29, 1.82) is 0 Å². The van der Waals surface area contributed by atoms with E-state index in [1.807, 2.05) is 4.90 Å². The van der Waals surface area contributed by atoms with Crippen LogP contribution in [0.4, 0.5) is 0 Å². The minimum absolute atomic E-state index is 0.164. The number of hydrogen-bond donors (Lipinski definition) is 2. The zero-order chi connectivity index (χ0) is 12.7. The Balaban J connectivity index is 2.45. The average molecular weight is 242 g/mol. The molecule has 1 saturated heterocycles. The minimum Gasteiger partial charge on any atom is -0.395 e. The minimum atomic E-state index is 0.164. The zero-order valence-corrected chi connectivity index (χ0v) is 11.1. The van der Waals surface area contributed by atoms with Crippen molar-refractivity contribution in [3.63, 3.8) is 0 Å². The lowest BCUT2D eigenvalue weighted by molar-refractivity contribution is -0.137. The smallest absolute Gasteiger partial charge is 0.225 e. The fourth-order valence-electron chi connectivity index (χ4n) is 2.51. The highest BCUT2D eigenvalue weighted by Gasteiger charge is 2.26. The van der Waals surface area contributed by atoms with Crippen LogP contribution in [0.2, 0.25) is 0 Å². The van der Waals surface area contributed by atoms with Crippen molar-refractivity contribution in [2.75, 3.05) is 26.2 Å². The maximum absolute atomic E-state index is 12.2. The molecule has 1 heterocycles. The van der Waals surface area contributed by atoms with Crippen LogP contribution >= 0.6 is 0 Å². The summed E-state index contributed by atoms with van der Waals surface area (Å²) < 4.78 is 0. The zero-order valence-electron chi connectivity index (χ0n) is 11.1. The van der Waals surface area contributed by atoms with Gasteiger partial charge in [0.15, 0.2) is 0 Å². The molecule has 4 nitrogen and oxygen atoms in total. The van der Waals surface area contributed by atoms with Crippen molar-refractivity contribution in [2.45, 2.75) is 45.6 Å². The SMILES string of the molecule is CCC(CC)C(=O)N1CCCC(NCCO)C1. The number of nitrogens with zero attached hydrogens (tertiary/aromatic N) is 1. The third-order valence-electron chi connectivity index (χ3n) is 3.61. The van der Waals surface area contributed by atoms with E-state index in [2.05, 4.69) is 19.2 Å². The van der Waals surface area contributed by atoms with Gasteiger partial charge in [-0.3, -0.25) is 4.79 Å². The molecular weight excluding hydrogens is 216 g/mol. The molecule has 2 N–H and O–H groups in total. The first-order valence-electron chi connectivity index (χ1n) is 6.85. The summed E-state index contributed by atoms with van der Waals surface area (Å²) in [6.45, 7) is 6.64. The van der Waals surface area contributed by atoms with Crippen molar-refractivity contribution in [3.05, 3.63) is 0 Å². The molecule has 0 aliphatic carbocycles. The Hall–Kier alpha value is -0.610. The number of nitrogens with one attached hydrogen (secondary N) is 1. The molecule has 1 atom stereocenters. The molecule has 100 valence electrons. The van der Waals surface area contributed by atoms with Crippen LogP contribution in [0.5, 0.6) is 0 Å². The topological polar surface area (TPSA) is 52.6 Å². The molecule has 4 heteroatoms. The van der Waals surface area contributed by atoms with Crippen LogP contribution in [0.1, 0.15) is 39.5 Å². The molecule has 0 saturated carbocycles. The lowest BCUT2D eigenvalue weighted by Gasteiger charge is -2.35. The monoisotopic (exact) mass is 242 g/mol. The first kappa shape index (κ1) is 14.5. The van der Waals surface area contributed by atoms with Crippen molar-refractivity contribution in [3.8, 4) is 0 Å². The highest BCUT2D eigenvalue weighted by molar-refractivity contribution is 5.78. The van der Waals surface area contributed by atoms with Gasteiger partial charge in [-0.25, -0.2) is 0 Å². The molecule has 17 heavy (non-hydrogen) atoms. The number of rotatable bonds is 6. The molecule has 0 radical (unpaired) electrons. The van der Waals surface area contributed by atoms with Gasteiger partial charge in [-0.15, -0.1) is 0 Å². The highest BCUT2D eigenvalue weighted by Crippen LogP contribution is 2.17. The third-order valence-corrected chi connectivity index (χ3v) is 3.61. The number of carbonyl (C=O) groups excluding carboxylic acids is 1. The van der Waals surface area contributed by atoms with Gasteiger partial charge in [0.1, 0.15) is 0 Å². The second-order valence-electron chi connectivity index (χ2n) is 4.81. The van der Waals surface area contributed by atoms with Crippen LogP contribution in [-0.4, -0.2) is 48.2 Å². The normalized spacial score (nSPS) is 20.9. The fourth-order valence-corrected chi connectivity index (χ4v) is 2.51. The van der Waals surface area contributed by atoms with E-state index in [9.17, 15) is 4.79 Å². The summed E-state index contributed by atoms with van der Waals surface area (Å²) in [6.07, 6.45) is 4.03. The molecule has 1 rings (SSSR count). The average Bonchev–Trinajstić information content (AvgIpc) is 2.38. The van der Waals surface area contributed by atoms with E-state index >= 15 is 0 Å². The predicted octanol–water partition coefficient (Wildman–Crippen LogP) is 0.995. The molecule has 1 unspecified atom stereocenters. The van der Waals surface area contributed by atoms with Gasteiger partial charge >= 0.3 is 0 Å². The van der Waals surface area contributed by atoms with E-state index in [-0.39, 0.29) is 12.5 Å². The number of amides is 1. The first-order chi connectivity index (χ1) is 8.22. The lowest BCUT2D eigenvalue weighted by Crippen LogP contribution is -2.50. The summed E-state index contributed by atoms with van der Waals surface area (Å²) in [7, 11) is 0. The number of likely N-dealkylation sites (tertiary alicyclic amines) is 1. The van der Waals surface area contributed by atoms with E-state index in [0.717, 1.165) is 38.8 Å². The maximum atomic E-state index is 12.2. The maximum Gasteiger partial charge on any atom is 0.225 e.